The number of anilines is 1. The van der Waals surface area contributed by atoms with E-state index < -0.39 is 23.8 Å². The van der Waals surface area contributed by atoms with Crippen LogP contribution < -0.4 is 5.32 Å². The molecule has 1 aliphatic heterocycles. The van der Waals surface area contributed by atoms with Crippen molar-refractivity contribution >= 4 is 35.1 Å². The largest absolute Gasteiger partial charge is 0.478 e. The average molecular weight is 527 g/mol. The Kier molecular flexibility index (Phi) is 6.84. The summed E-state index contributed by atoms with van der Waals surface area (Å²) in [5.74, 6) is 3.47. The van der Waals surface area contributed by atoms with Crippen LogP contribution in [0.2, 0.25) is 5.02 Å². The molecule has 1 aliphatic rings. The molecule has 2 N–H and O–H groups in total. The van der Waals surface area contributed by atoms with Gasteiger partial charge in [0.25, 0.3) is 11.8 Å². The maximum Gasteiger partial charge on any atom is 0.335 e. The summed E-state index contributed by atoms with van der Waals surface area (Å²) in [6.45, 7) is 0.288. The minimum Gasteiger partial charge on any atom is -0.478 e. The number of tetrazole rings is 1. The molecule has 38 heavy (non-hydrogen) atoms. The number of aromatic nitrogens is 4. The quantitative estimate of drug-likeness (QED) is 0.391. The molecule has 5 rings (SSSR count). The molecular formula is C27H19ClN6O4. The summed E-state index contributed by atoms with van der Waals surface area (Å²) >= 11 is 6.16. The van der Waals surface area contributed by atoms with Crippen molar-refractivity contribution in [1.82, 2.24) is 25.1 Å². The summed E-state index contributed by atoms with van der Waals surface area (Å²) in [5, 5.41) is 23.5. The van der Waals surface area contributed by atoms with Crippen molar-refractivity contribution in [3.63, 3.8) is 0 Å². The van der Waals surface area contributed by atoms with Crippen molar-refractivity contribution in [3.8, 4) is 17.5 Å². The number of rotatable bonds is 4. The fourth-order valence-electron chi connectivity index (χ4n) is 4.25. The van der Waals surface area contributed by atoms with Gasteiger partial charge in [-0.3, -0.25) is 9.59 Å². The molecule has 4 aromatic rings. The number of nitrogens with zero attached hydrogens (tertiary/aromatic N) is 5. The van der Waals surface area contributed by atoms with E-state index in [1.807, 2.05) is 24.3 Å². The Morgan fingerprint density at radius 2 is 1.84 bits per heavy atom. The number of aromatic carboxylic acids is 1. The van der Waals surface area contributed by atoms with Gasteiger partial charge in [0.15, 0.2) is 0 Å². The van der Waals surface area contributed by atoms with E-state index in [0.717, 1.165) is 5.56 Å². The first kappa shape index (κ1) is 24.7. The summed E-state index contributed by atoms with van der Waals surface area (Å²) in [7, 11) is 0. The van der Waals surface area contributed by atoms with Crippen molar-refractivity contribution in [1.29, 1.82) is 0 Å². The molecule has 10 nitrogen and oxygen atoms in total. The zero-order valence-corrected chi connectivity index (χ0v) is 20.5. The van der Waals surface area contributed by atoms with Crippen LogP contribution in [-0.4, -0.2) is 54.5 Å². The van der Waals surface area contributed by atoms with E-state index in [9.17, 15) is 14.4 Å². The van der Waals surface area contributed by atoms with Gasteiger partial charge in [-0.15, -0.1) is 5.10 Å². The monoisotopic (exact) mass is 526 g/mol. The Morgan fingerprint density at radius 1 is 1.05 bits per heavy atom. The third-order valence-corrected chi connectivity index (χ3v) is 6.29. The molecule has 0 saturated carbocycles. The van der Waals surface area contributed by atoms with Crippen molar-refractivity contribution in [2.45, 2.75) is 12.5 Å². The Balaban J connectivity index is 1.45. The second-order valence-electron chi connectivity index (χ2n) is 8.39. The lowest BCUT2D eigenvalue weighted by Crippen LogP contribution is -2.45. The number of hydrogen-bond acceptors (Lipinski definition) is 6. The van der Waals surface area contributed by atoms with Crippen molar-refractivity contribution in [3.05, 3.63) is 100 Å². The van der Waals surface area contributed by atoms with Crippen molar-refractivity contribution < 1.29 is 19.5 Å². The highest BCUT2D eigenvalue weighted by Gasteiger charge is 2.35. The smallest absolute Gasteiger partial charge is 0.335 e. The fourth-order valence-corrected chi connectivity index (χ4v) is 4.42. The zero-order chi connectivity index (χ0) is 26.6. The first-order valence-electron chi connectivity index (χ1n) is 11.5. The summed E-state index contributed by atoms with van der Waals surface area (Å²) in [6, 6.07) is 17.3. The molecule has 0 aliphatic carbocycles. The summed E-state index contributed by atoms with van der Waals surface area (Å²) < 4.78 is 1.41. The van der Waals surface area contributed by atoms with E-state index in [4.69, 9.17) is 16.7 Å². The van der Waals surface area contributed by atoms with E-state index in [2.05, 4.69) is 32.7 Å². The lowest BCUT2D eigenvalue weighted by molar-refractivity contribution is -0.134. The predicted molar refractivity (Wildman–Crippen MR) is 138 cm³/mol. The van der Waals surface area contributed by atoms with Gasteiger partial charge in [0.05, 0.1) is 16.8 Å². The van der Waals surface area contributed by atoms with Crippen LogP contribution in [0.3, 0.4) is 0 Å². The van der Waals surface area contributed by atoms with Crippen LogP contribution in [0.4, 0.5) is 5.69 Å². The molecule has 0 spiro atoms. The highest BCUT2D eigenvalue weighted by Crippen LogP contribution is 2.31. The van der Waals surface area contributed by atoms with Gasteiger partial charge < -0.3 is 15.3 Å². The van der Waals surface area contributed by atoms with Gasteiger partial charge >= 0.3 is 5.97 Å². The standard InChI is InChI=1S/C27H19ClN6O4/c28-20-8-11-23(34-16-29-31-32-34)19(15-20)7-12-24(35)33-14-13-17-3-1-2-4-22(17)25(33)26(36)30-21-9-5-18(6-10-21)27(37)38/h1-6,8-11,15-16,25H,13-14H2,(H,30,36)(H,37,38). The van der Waals surface area contributed by atoms with Crippen LogP contribution >= 0.6 is 11.6 Å². The molecule has 188 valence electrons. The Morgan fingerprint density at radius 3 is 2.58 bits per heavy atom. The Bertz CT molecular complexity index is 1590. The topological polar surface area (TPSA) is 130 Å². The van der Waals surface area contributed by atoms with E-state index in [1.165, 1.54) is 40.2 Å². The number of nitrogens with one attached hydrogen (secondary N) is 1. The number of hydrogen-bond donors (Lipinski definition) is 2. The molecule has 1 unspecified atom stereocenters. The molecule has 0 fully saturated rings. The van der Waals surface area contributed by atoms with Gasteiger partial charge in [-0.2, -0.15) is 4.68 Å². The van der Waals surface area contributed by atoms with E-state index in [1.54, 1.807) is 18.2 Å². The van der Waals surface area contributed by atoms with Gasteiger partial charge in [-0.05, 0) is 70.4 Å². The van der Waals surface area contributed by atoms with Gasteiger partial charge in [-0.1, -0.05) is 41.8 Å². The van der Waals surface area contributed by atoms with Crippen LogP contribution in [0.25, 0.3) is 5.69 Å². The third-order valence-electron chi connectivity index (χ3n) is 6.05. The lowest BCUT2D eigenvalue weighted by Gasteiger charge is -2.35. The van der Waals surface area contributed by atoms with Crippen LogP contribution in [0, 0.1) is 11.8 Å². The highest BCUT2D eigenvalue weighted by atomic mass is 35.5. The van der Waals surface area contributed by atoms with Crippen LogP contribution in [0.15, 0.2) is 73.1 Å². The van der Waals surface area contributed by atoms with Crippen molar-refractivity contribution in [2.24, 2.45) is 0 Å². The SMILES string of the molecule is O=C(O)c1ccc(NC(=O)C2c3ccccc3CCN2C(=O)C#Cc2cc(Cl)ccc2-n2cnnn2)cc1. The first-order chi connectivity index (χ1) is 18.4. The maximum absolute atomic E-state index is 13.5. The number of carboxylic acids is 1. The van der Waals surface area contributed by atoms with Gasteiger partial charge in [0.2, 0.25) is 0 Å². The second kappa shape index (κ2) is 10.5. The van der Waals surface area contributed by atoms with Crippen LogP contribution in [-0.2, 0) is 16.0 Å². The minimum absolute atomic E-state index is 0.0974. The average Bonchev–Trinajstić information content (AvgIpc) is 3.46. The lowest BCUT2D eigenvalue weighted by atomic mass is 9.91. The molecule has 1 aromatic heterocycles. The molecular weight excluding hydrogens is 508 g/mol. The molecule has 1 atom stereocenters. The first-order valence-corrected chi connectivity index (χ1v) is 11.9. The highest BCUT2D eigenvalue weighted by molar-refractivity contribution is 6.30. The normalized spacial score (nSPS) is 14.1. The van der Waals surface area contributed by atoms with Gasteiger partial charge in [-0.25, -0.2) is 4.79 Å². The van der Waals surface area contributed by atoms with E-state index in [-0.39, 0.29) is 12.1 Å². The number of fused-ring (bicyclic) bond motifs is 1. The van der Waals surface area contributed by atoms with Crippen LogP contribution in [0.1, 0.15) is 33.1 Å². The second-order valence-corrected chi connectivity index (χ2v) is 8.82. The molecule has 0 saturated heterocycles. The number of halogens is 1. The van der Waals surface area contributed by atoms with E-state index in [0.29, 0.717) is 33.9 Å². The molecule has 0 bridgehead atoms. The number of carbonyl (C=O) groups excluding carboxylic acids is 2. The number of benzene rings is 3. The number of amides is 2. The Labute approximate surface area is 221 Å². The van der Waals surface area contributed by atoms with Gasteiger partial charge in [0, 0.05) is 23.2 Å². The van der Waals surface area contributed by atoms with Crippen LogP contribution in [0.5, 0.6) is 0 Å². The molecule has 11 heteroatoms. The molecule has 2 amide bonds. The number of carbonyl (C=O) groups is 3. The fraction of sp³-hybridized carbons (Fsp3) is 0.111. The molecule has 0 radical (unpaired) electrons. The summed E-state index contributed by atoms with van der Waals surface area (Å²) in [4.78, 5) is 39.4. The minimum atomic E-state index is -1.07. The predicted octanol–water partition coefficient (Wildman–Crippen LogP) is 3.13. The molecule has 3 aromatic carbocycles. The van der Waals surface area contributed by atoms with E-state index >= 15 is 0 Å². The third kappa shape index (κ3) is 5.09. The zero-order valence-electron chi connectivity index (χ0n) is 19.7. The maximum atomic E-state index is 13.5. The molecule has 2 heterocycles. The van der Waals surface area contributed by atoms with Crippen molar-refractivity contribution in [2.75, 3.05) is 11.9 Å². The summed E-state index contributed by atoms with van der Waals surface area (Å²) in [6.07, 6.45) is 1.97. The number of carboxylic acid groups (broad SMARTS) is 1. The Hall–Kier alpha value is -5.01. The van der Waals surface area contributed by atoms with Gasteiger partial charge in [0.1, 0.15) is 12.4 Å². The summed E-state index contributed by atoms with van der Waals surface area (Å²) in [5.41, 5.74) is 3.15.